The lowest BCUT2D eigenvalue weighted by Gasteiger charge is -2.07. The molecule has 0 aliphatic heterocycles. The highest BCUT2D eigenvalue weighted by molar-refractivity contribution is 5.89. The van der Waals surface area contributed by atoms with Crippen LogP contribution in [0.25, 0.3) is 0 Å². The van der Waals surface area contributed by atoms with Gasteiger partial charge < -0.3 is 15.4 Å². The number of para-hydroxylation sites is 1. The molecule has 0 aliphatic carbocycles. The van der Waals surface area contributed by atoms with Crippen molar-refractivity contribution in [1.82, 2.24) is 5.32 Å². The Hall–Kier alpha value is -1.62. The van der Waals surface area contributed by atoms with Gasteiger partial charge in [0.05, 0.1) is 12.3 Å². The second kappa shape index (κ2) is 5.98. The Kier molecular flexibility index (Phi) is 4.56. The van der Waals surface area contributed by atoms with Gasteiger partial charge in [-0.2, -0.15) is 0 Å². The molecule has 2 N–H and O–H groups in total. The summed E-state index contributed by atoms with van der Waals surface area (Å²) in [4.78, 5) is 11.2. The predicted molar refractivity (Wildman–Crippen MR) is 55.3 cm³/mol. The molecular weight excluding hydrogens is 199 g/mol. The summed E-state index contributed by atoms with van der Waals surface area (Å²) in [5.74, 6) is -0.459. The van der Waals surface area contributed by atoms with Crippen LogP contribution >= 0.6 is 0 Å². The fourth-order valence-corrected chi connectivity index (χ4v) is 0.996. The Bertz CT molecular complexity index is 331. The number of hydrogen-bond acceptors (Lipinski definition) is 2. The van der Waals surface area contributed by atoms with Gasteiger partial charge in [-0.1, -0.05) is 12.1 Å². The minimum atomic E-state index is -0.459. The SMILES string of the molecule is COCCNC(=O)Nc1ccccc1F. The first kappa shape index (κ1) is 11.5. The average Bonchev–Trinajstić information content (AvgIpc) is 2.22. The van der Waals surface area contributed by atoms with E-state index in [-0.39, 0.29) is 5.69 Å². The summed E-state index contributed by atoms with van der Waals surface area (Å²) < 4.78 is 17.8. The van der Waals surface area contributed by atoms with Gasteiger partial charge in [0.1, 0.15) is 5.82 Å². The van der Waals surface area contributed by atoms with Crippen molar-refractivity contribution in [3.05, 3.63) is 30.1 Å². The number of anilines is 1. The van der Waals surface area contributed by atoms with Gasteiger partial charge in [-0.05, 0) is 12.1 Å². The first-order chi connectivity index (χ1) is 7.24. The zero-order valence-electron chi connectivity index (χ0n) is 8.42. The zero-order chi connectivity index (χ0) is 11.1. The summed E-state index contributed by atoms with van der Waals surface area (Å²) >= 11 is 0. The normalized spacial score (nSPS) is 9.73. The third kappa shape index (κ3) is 3.95. The molecule has 0 fully saturated rings. The molecule has 1 aromatic carbocycles. The summed E-state index contributed by atoms with van der Waals surface area (Å²) in [5, 5.41) is 4.91. The summed E-state index contributed by atoms with van der Waals surface area (Å²) in [6, 6.07) is 5.53. The van der Waals surface area contributed by atoms with Crippen LogP contribution in [0.15, 0.2) is 24.3 Å². The molecule has 1 rings (SSSR count). The molecule has 4 nitrogen and oxygen atoms in total. The number of halogens is 1. The van der Waals surface area contributed by atoms with Crippen LogP contribution in [0.1, 0.15) is 0 Å². The van der Waals surface area contributed by atoms with Crippen LogP contribution < -0.4 is 10.6 Å². The second-order valence-electron chi connectivity index (χ2n) is 2.85. The smallest absolute Gasteiger partial charge is 0.319 e. The molecule has 0 atom stereocenters. The monoisotopic (exact) mass is 212 g/mol. The molecule has 0 bridgehead atoms. The maximum Gasteiger partial charge on any atom is 0.319 e. The van der Waals surface area contributed by atoms with E-state index in [1.54, 1.807) is 12.1 Å². The van der Waals surface area contributed by atoms with Crippen molar-refractivity contribution in [1.29, 1.82) is 0 Å². The Morgan fingerprint density at radius 3 is 2.87 bits per heavy atom. The lowest BCUT2D eigenvalue weighted by Crippen LogP contribution is -2.31. The van der Waals surface area contributed by atoms with Gasteiger partial charge >= 0.3 is 6.03 Å². The van der Waals surface area contributed by atoms with Gasteiger partial charge in [-0.3, -0.25) is 0 Å². The molecule has 15 heavy (non-hydrogen) atoms. The number of hydrogen-bond donors (Lipinski definition) is 2. The number of benzene rings is 1. The van der Waals surface area contributed by atoms with Gasteiger partial charge in [-0.25, -0.2) is 9.18 Å². The first-order valence-electron chi connectivity index (χ1n) is 4.52. The minimum absolute atomic E-state index is 0.160. The van der Waals surface area contributed by atoms with E-state index in [9.17, 15) is 9.18 Å². The lowest BCUT2D eigenvalue weighted by molar-refractivity contribution is 0.198. The highest BCUT2D eigenvalue weighted by atomic mass is 19.1. The van der Waals surface area contributed by atoms with E-state index in [0.29, 0.717) is 13.2 Å². The fourth-order valence-electron chi connectivity index (χ4n) is 0.996. The number of urea groups is 1. The van der Waals surface area contributed by atoms with Crippen LogP contribution in [0.5, 0.6) is 0 Å². The summed E-state index contributed by atoms with van der Waals surface area (Å²) in [7, 11) is 1.54. The Morgan fingerprint density at radius 1 is 1.47 bits per heavy atom. The number of carbonyl (C=O) groups excluding carboxylic acids is 1. The largest absolute Gasteiger partial charge is 0.383 e. The standard InChI is InChI=1S/C10H13FN2O2/c1-15-7-6-12-10(14)13-9-5-3-2-4-8(9)11/h2-5H,6-7H2,1H3,(H2,12,13,14). The van der Waals surface area contributed by atoms with E-state index in [1.807, 2.05) is 0 Å². The van der Waals surface area contributed by atoms with Gasteiger partial charge in [0, 0.05) is 13.7 Å². The Morgan fingerprint density at radius 2 is 2.20 bits per heavy atom. The maximum atomic E-state index is 13.1. The van der Waals surface area contributed by atoms with Crippen molar-refractivity contribution in [3.63, 3.8) is 0 Å². The molecule has 2 amide bonds. The summed E-state index contributed by atoms with van der Waals surface area (Å²) in [5.41, 5.74) is 0.160. The highest BCUT2D eigenvalue weighted by Gasteiger charge is 2.04. The van der Waals surface area contributed by atoms with Crippen LogP contribution in [0.4, 0.5) is 14.9 Å². The quantitative estimate of drug-likeness (QED) is 0.745. The molecule has 82 valence electrons. The number of nitrogens with one attached hydrogen (secondary N) is 2. The van der Waals surface area contributed by atoms with Crippen LogP contribution in [-0.2, 0) is 4.74 Å². The highest BCUT2D eigenvalue weighted by Crippen LogP contribution is 2.11. The molecule has 0 saturated heterocycles. The summed E-state index contributed by atoms with van der Waals surface area (Å²) in [6.45, 7) is 0.807. The third-order valence-electron chi connectivity index (χ3n) is 1.71. The molecule has 1 aromatic rings. The number of amides is 2. The van der Waals surface area contributed by atoms with E-state index in [4.69, 9.17) is 4.74 Å². The summed E-state index contributed by atoms with van der Waals surface area (Å²) in [6.07, 6.45) is 0. The molecule has 5 heteroatoms. The van der Waals surface area contributed by atoms with Crippen molar-refractivity contribution in [2.75, 3.05) is 25.6 Å². The van der Waals surface area contributed by atoms with Crippen LogP contribution in [0, 0.1) is 5.82 Å². The van der Waals surface area contributed by atoms with Gasteiger partial charge in [0.2, 0.25) is 0 Å². The van der Waals surface area contributed by atoms with Crippen molar-refractivity contribution >= 4 is 11.7 Å². The molecule has 0 saturated carbocycles. The first-order valence-corrected chi connectivity index (χ1v) is 4.52. The van der Waals surface area contributed by atoms with E-state index in [2.05, 4.69) is 10.6 Å². The van der Waals surface area contributed by atoms with Crippen molar-refractivity contribution in [3.8, 4) is 0 Å². The van der Waals surface area contributed by atoms with Crippen LogP contribution in [0.3, 0.4) is 0 Å². The zero-order valence-corrected chi connectivity index (χ0v) is 8.42. The van der Waals surface area contributed by atoms with Crippen molar-refractivity contribution in [2.45, 2.75) is 0 Å². The van der Waals surface area contributed by atoms with Gasteiger partial charge in [-0.15, -0.1) is 0 Å². The molecule has 0 radical (unpaired) electrons. The van der Waals surface area contributed by atoms with Gasteiger partial charge in [0.15, 0.2) is 0 Å². The van der Waals surface area contributed by atoms with E-state index >= 15 is 0 Å². The minimum Gasteiger partial charge on any atom is -0.383 e. The predicted octanol–water partition coefficient (Wildman–Crippen LogP) is 1.59. The van der Waals surface area contributed by atoms with E-state index < -0.39 is 11.8 Å². The second-order valence-corrected chi connectivity index (χ2v) is 2.85. The lowest BCUT2D eigenvalue weighted by atomic mass is 10.3. The Labute approximate surface area is 87.4 Å². The van der Waals surface area contributed by atoms with E-state index in [1.165, 1.54) is 19.2 Å². The number of ether oxygens (including phenoxy) is 1. The molecule has 0 aromatic heterocycles. The molecule has 0 spiro atoms. The fraction of sp³-hybridized carbons (Fsp3) is 0.300. The number of rotatable bonds is 4. The average molecular weight is 212 g/mol. The number of methoxy groups -OCH3 is 1. The third-order valence-corrected chi connectivity index (χ3v) is 1.71. The number of carbonyl (C=O) groups is 1. The van der Waals surface area contributed by atoms with Crippen molar-refractivity contribution in [2.24, 2.45) is 0 Å². The van der Waals surface area contributed by atoms with Crippen molar-refractivity contribution < 1.29 is 13.9 Å². The van der Waals surface area contributed by atoms with Crippen LogP contribution in [0.2, 0.25) is 0 Å². The van der Waals surface area contributed by atoms with Crippen LogP contribution in [-0.4, -0.2) is 26.3 Å². The molecule has 0 heterocycles. The molecule has 0 unspecified atom stereocenters. The topological polar surface area (TPSA) is 50.4 Å². The van der Waals surface area contributed by atoms with E-state index in [0.717, 1.165) is 0 Å². The maximum absolute atomic E-state index is 13.1. The van der Waals surface area contributed by atoms with Gasteiger partial charge in [0.25, 0.3) is 0 Å². The molecule has 0 aliphatic rings. The molecular formula is C10H13FN2O2. The Balaban J connectivity index is 2.41.